The lowest BCUT2D eigenvalue weighted by molar-refractivity contribution is 0.459. The van der Waals surface area contributed by atoms with Crippen LogP contribution in [0.2, 0.25) is 0 Å². The Morgan fingerprint density at radius 2 is 1.61 bits per heavy atom. The topological polar surface area (TPSA) is 99.0 Å². The first-order valence-electron chi connectivity index (χ1n) is 12.0. The highest BCUT2D eigenvalue weighted by molar-refractivity contribution is 7.92. The summed E-state index contributed by atoms with van der Waals surface area (Å²) in [6.45, 7) is 7.79. The van der Waals surface area contributed by atoms with E-state index < -0.39 is 10.0 Å². The number of fused-ring (bicyclic) bond motifs is 1. The number of nitrogens with one attached hydrogen (secondary N) is 1. The number of hydrogen-bond donors (Lipinski definition) is 1. The first kappa shape index (κ1) is 24.0. The molecule has 0 amide bonds. The fraction of sp³-hybridized carbons (Fsp3) is 0.296. The number of anilines is 1. The van der Waals surface area contributed by atoms with E-state index in [1.165, 1.54) is 5.56 Å². The molecule has 4 aromatic rings. The minimum absolute atomic E-state index is 0.284. The van der Waals surface area contributed by atoms with Crippen LogP contribution >= 0.6 is 0 Å². The van der Waals surface area contributed by atoms with Crippen molar-refractivity contribution in [1.29, 1.82) is 0 Å². The van der Waals surface area contributed by atoms with Gasteiger partial charge in [0.05, 0.1) is 10.6 Å². The highest BCUT2D eigenvalue weighted by Gasteiger charge is 2.18. The molecule has 1 aliphatic rings. The Morgan fingerprint density at radius 3 is 2.31 bits per heavy atom. The molecule has 8 nitrogen and oxygen atoms in total. The van der Waals surface area contributed by atoms with Crippen LogP contribution in [0.1, 0.15) is 46.7 Å². The highest BCUT2D eigenvalue weighted by Crippen LogP contribution is 2.27. The van der Waals surface area contributed by atoms with Gasteiger partial charge < -0.3 is 4.74 Å². The largest absolute Gasteiger partial charge is 0.439 e. The Kier molecular flexibility index (Phi) is 6.26. The standard InChI is InChI=1S/C27H29N5O3S/c1-17-18(2)30-32(19(17)3)26-16-27(29-20(4)28-26)35-24-12-10-23(11-13-24)31-36(33,34)25-14-9-21-7-5-6-8-22(21)15-25/h9-16,31H,5-8H2,1-4H3. The molecule has 9 heteroatoms. The van der Waals surface area contributed by atoms with Gasteiger partial charge in [-0.15, -0.1) is 0 Å². The van der Waals surface area contributed by atoms with E-state index in [1.54, 1.807) is 54.1 Å². The molecule has 5 rings (SSSR count). The van der Waals surface area contributed by atoms with E-state index in [9.17, 15) is 8.42 Å². The number of aryl methyl sites for hydroxylation is 4. The molecule has 0 unspecified atom stereocenters. The van der Waals surface area contributed by atoms with Gasteiger partial charge in [0.1, 0.15) is 11.6 Å². The lowest BCUT2D eigenvalue weighted by Crippen LogP contribution is -2.14. The summed E-state index contributed by atoms with van der Waals surface area (Å²) in [5, 5.41) is 4.57. The maximum Gasteiger partial charge on any atom is 0.261 e. The van der Waals surface area contributed by atoms with Gasteiger partial charge in [0.2, 0.25) is 5.88 Å². The van der Waals surface area contributed by atoms with Gasteiger partial charge in [-0.25, -0.2) is 18.1 Å². The van der Waals surface area contributed by atoms with Crippen LogP contribution in [0.4, 0.5) is 5.69 Å². The molecule has 2 aromatic carbocycles. The summed E-state index contributed by atoms with van der Waals surface area (Å²) in [4.78, 5) is 9.17. The van der Waals surface area contributed by atoms with E-state index in [0.717, 1.165) is 48.2 Å². The van der Waals surface area contributed by atoms with Crippen LogP contribution in [0.3, 0.4) is 0 Å². The monoisotopic (exact) mass is 503 g/mol. The lowest BCUT2D eigenvalue weighted by atomic mass is 9.92. The normalized spacial score (nSPS) is 13.3. The zero-order valence-electron chi connectivity index (χ0n) is 20.9. The van der Waals surface area contributed by atoms with E-state index in [4.69, 9.17) is 4.74 Å². The Bertz CT molecular complexity index is 1540. The summed E-state index contributed by atoms with van der Waals surface area (Å²) < 4.78 is 36.3. The van der Waals surface area contributed by atoms with Gasteiger partial charge in [0, 0.05) is 17.4 Å². The molecule has 36 heavy (non-hydrogen) atoms. The predicted octanol–water partition coefficient (Wildman–Crippen LogP) is 5.37. The van der Waals surface area contributed by atoms with Crippen molar-refractivity contribution in [3.05, 3.63) is 82.4 Å². The Hall–Kier alpha value is -3.72. The first-order valence-corrected chi connectivity index (χ1v) is 13.5. The van der Waals surface area contributed by atoms with Gasteiger partial charge in [-0.2, -0.15) is 10.1 Å². The molecule has 0 spiro atoms. The van der Waals surface area contributed by atoms with E-state index in [-0.39, 0.29) is 4.90 Å². The minimum Gasteiger partial charge on any atom is -0.439 e. The van der Waals surface area contributed by atoms with Crippen LogP contribution in [0, 0.1) is 27.7 Å². The fourth-order valence-electron chi connectivity index (χ4n) is 4.43. The molecule has 186 valence electrons. The average Bonchev–Trinajstić information content (AvgIpc) is 3.11. The minimum atomic E-state index is -3.69. The van der Waals surface area contributed by atoms with Gasteiger partial charge in [-0.1, -0.05) is 6.07 Å². The molecular formula is C27H29N5O3S. The molecule has 0 bridgehead atoms. The van der Waals surface area contributed by atoms with E-state index in [1.807, 2.05) is 26.8 Å². The van der Waals surface area contributed by atoms with E-state index >= 15 is 0 Å². The predicted molar refractivity (Wildman–Crippen MR) is 139 cm³/mol. The average molecular weight is 504 g/mol. The van der Waals surface area contributed by atoms with Gasteiger partial charge in [-0.05, 0) is 106 Å². The molecule has 1 N–H and O–H groups in total. The summed E-state index contributed by atoms with van der Waals surface area (Å²) in [6.07, 6.45) is 4.19. The number of rotatable bonds is 6. The molecule has 0 fully saturated rings. The molecule has 0 aliphatic heterocycles. The third-order valence-electron chi connectivity index (χ3n) is 6.63. The fourth-order valence-corrected chi connectivity index (χ4v) is 5.54. The summed E-state index contributed by atoms with van der Waals surface area (Å²) in [5.41, 5.74) is 5.90. The van der Waals surface area contributed by atoms with Crippen LogP contribution in [0.15, 0.2) is 53.4 Å². The van der Waals surface area contributed by atoms with Gasteiger partial charge in [0.25, 0.3) is 10.0 Å². The van der Waals surface area contributed by atoms with Crippen LogP contribution in [0.5, 0.6) is 11.6 Å². The highest BCUT2D eigenvalue weighted by atomic mass is 32.2. The van der Waals surface area contributed by atoms with Gasteiger partial charge in [0.15, 0.2) is 5.82 Å². The van der Waals surface area contributed by atoms with Crippen molar-refractivity contribution >= 4 is 15.7 Å². The number of hydrogen-bond acceptors (Lipinski definition) is 6. The van der Waals surface area contributed by atoms with E-state index in [2.05, 4.69) is 19.8 Å². The molecule has 1 aliphatic carbocycles. The van der Waals surface area contributed by atoms with Crippen LogP contribution in [0.25, 0.3) is 5.82 Å². The van der Waals surface area contributed by atoms with Crippen molar-refractivity contribution in [2.24, 2.45) is 0 Å². The smallest absolute Gasteiger partial charge is 0.261 e. The summed E-state index contributed by atoms with van der Waals surface area (Å²) in [6, 6.07) is 13.9. The van der Waals surface area contributed by atoms with Crippen molar-refractivity contribution in [1.82, 2.24) is 19.7 Å². The third-order valence-corrected chi connectivity index (χ3v) is 8.01. The van der Waals surface area contributed by atoms with E-state index in [0.29, 0.717) is 29.0 Å². The maximum atomic E-state index is 13.0. The second-order valence-corrected chi connectivity index (χ2v) is 10.9. The Balaban J connectivity index is 1.33. The lowest BCUT2D eigenvalue weighted by Gasteiger charge is -2.17. The summed E-state index contributed by atoms with van der Waals surface area (Å²) >= 11 is 0. The number of aromatic nitrogens is 4. The number of ether oxygens (including phenoxy) is 1. The zero-order valence-corrected chi connectivity index (χ0v) is 21.7. The van der Waals surface area contributed by atoms with Gasteiger partial charge in [-0.3, -0.25) is 4.72 Å². The van der Waals surface area contributed by atoms with Gasteiger partial charge >= 0.3 is 0 Å². The van der Waals surface area contributed by atoms with Crippen molar-refractivity contribution in [3.63, 3.8) is 0 Å². The van der Waals surface area contributed by atoms with Crippen molar-refractivity contribution < 1.29 is 13.2 Å². The Labute approximate surface area is 211 Å². The quantitative estimate of drug-likeness (QED) is 0.380. The number of benzene rings is 2. The van der Waals surface area contributed by atoms with Crippen molar-refractivity contribution in [3.8, 4) is 17.4 Å². The SMILES string of the molecule is Cc1nc(Oc2ccc(NS(=O)(=O)c3ccc4c(c3)CCCC4)cc2)cc(-n2nc(C)c(C)c2C)n1. The molecule has 0 radical (unpaired) electrons. The van der Waals surface area contributed by atoms with Crippen molar-refractivity contribution in [2.45, 2.75) is 58.3 Å². The third kappa shape index (κ3) is 4.83. The molecule has 0 saturated carbocycles. The summed E-state index contributed by atoms with van der Waals surface area (Å²) in [5.74, 6) is 2.09. The maximum absolute atomic E-state index is 13.0. The first-order chi connectivity index (χ1) is 17.2. The molecule has 0 atom stereocenters. The van der Waals surface area contributed by atoms with Crippen molar-refractivity contribution in [2.75, 3.05) is 4.72 Å². The number of sulfonamides is 1. The number of nitrogens with zero attached hydrogens (tertiary/aromatic N) is 4. The second kappa shape index (κ2) is 9.39. The zero-order chi connectivity index (χ0) is 25.4. The Morgan fingerprint density at radius 1 is 0.889 bits per heavy atom. The molecular weight excluding hydrogens is 474 g/mol. The van der Waals surface area contributed by atoms with Crippen LogP contribution < -0.4 is 9.46 Å². The summed E-state index contributed by atoms with van der Waals surface area (Å²) in [7, 11) is -3.69. The second-order valence-electron chi connectivity index (χ2n) is 9.19. The molecule has 2 aromatic heterocycles. The molecule has 2 heterocycles. The van der Waals surface area contributed by atoms with Crippen LogP contribution in [-0.2, 0) is 22.9 Å². The van der Waals surface area contributed by atoms with Crippen LogP contribution in [-0.4, -0.2) is 28.2 Å². The molecule has 0 saturated heterocycles.